The fourth-order valence-corrected chi connectivity index (χ4v) is 5.73. The number of primary amides is 1. The third kappa shape index (κ3) is 4.50. The van der Waals surface area contributed by atoms with Gasteiger partial charge in [0.2, 0.25) is 5.91 Å². The second kappa shape index (κ2) is 9.46. The molecule has 1 aliphatic carbocycles. The summed E-state index contributed by atoms with van der Waals surface area (Å²) in [5.74, 6) is -0.816. The van der Waals surface area contributed by atoms with E-state index in [4.69, 9.17) is 10.7 Å². The molecule has 6 nitrogen and oxygen atoms in total. The van der Waals surface area contributed by atoms with Crippen LogP contribution in [0.25, 0.3) is 17.0 Å². The molecule has 1 saturated carbocycles. The van der Waals surface area contributed by atoms with Crippen molar-refractivity contribution in [1.29, 1.82) is 0 Å². The number of fused-ring (bicyclic) bond motifs is 1. The molecule has 174 valence electrons. The summed E-state index contributed by atoms with van der Waals surface area (Å²) in [6, 6.07) is 13.8. The SMILES string of the molecule is NC(=O)Cn1cc(/C=C2\SC(=Nc3ccc(F)cc3)N(C3CCCCC3)C2=O)c2ccccc21. The fourth-order valence-electron chi connectivity index (χ4n) is 4.68. The van der Waals surface area contributed by atoms with Gasteiger partial charge in [-0.25, -0.2) is 9.38 Å². The maximum atomic E-state index is 13.6. The van der Waals surface area contributed by atoms with Gasteiger partial charge in [0.15, 0.2) is 5.17 Å². The number of thioether (sulfide) groups is 1. The number of benzene rings is 2. The van der Waals surface area contributed by atoms with Crippen molar-refractivity contribution in [2.75, 3.05) is 0 Å². The zero-order valence-electron chi connectivity index (χ0n) is 18.6. The maximum Gasteiger partial charge on any atom is 0.267 e. The van der Waals surface area contributed by atoms with Gasteiger partial charge in [-0.15, -0.1) is 0 Å². The van der Waals surface area contributed by atoms with Crippen molar-refractivity contribution < 1.29 is 14.0 Å². The number of halogens is 1. The van der Waals surface area contributed by atoms with Gasteiger partial charge in [-0.05, 0) is 61.0 Å². The molecular weight excluding hydrogens is 451 g/mol. The number of nitrogens with zero attached hydrogens (tertiary/aromatic N) is 3. The van der Waals surface area contributed by atoms with Gasteiger partial charge in [0, 0.05) is 28.7 Å². The van der Waals surface area contributed by atoms with Gasteiger partial charge in [-0.3, -0.25) is 14.5 Å². The number of para-hydroxylation sites is 1. The number of amidine groups is 1. The molecule has 2 fully saturated rings. The third-order valence-electron chi connectivity index (χ3n) is 6.26. The van der Waals surface area contributed by atoms with Crippen molar-refractivity contribution in [3.63, 3.8) is 0 Å². The van der Waals surface area contributed by atoms with Crippen molar-refractivity contribution in [3.05, 3.63) is 71.0 Å². The van der Waals surface area contributed by atoms with Gasteiger partial charge in [0.25, 0.3) is 5.91 Å². The molecule has 0 bridgehead atoms. The molecule has 0 unspecified atom stereocenters. The Hall–Kier alpha value is -3.39. The topological polar surface area (TPSA) is 80.7 Å². The average Bonchev–Trinajstić information content (AvgIpc) is 3.33. The van der Waals surface area contributed by atoms with Crippen LogP contribution in [-0.4, -0.2) is 32.5 Å². The summed E-state index contributed by atoms with van der Waals surface area (Å²) in [5, 5.41) is 1.56. The van der Waals surface area contributed by atoms with E-state index >= 15 is 0 Å². The number of rotatable bonds is 5. The Bertz CT molecular complexity index is 1310. The lowest BCUT2D eigenvalue weighted by atomic mass is 9.94. The molecule has 1 aromatic heterocycles. The minimum atomic E-state index is -0.427. The highest BCUT2D eigenvalue weighted by Gasteiger charge is 2.38. The molecule has 8 heteroatoms. The highest BCUT2D eigenvalue weighted by molar-refractivity contribution is 8.18. The first kappa shape index (κ1) is 22.4. The van der Waals surface area contributed by atoms with Crippen LogP contribution in [0.1, 0.15) is 37.7 Å². The summed E-state index contributed by atoms with van der Waals surface area (Å²) in [5.41, 5.74) is 7.77. The molecule has 2 aliphatic rings. The van der Waals surface area contributed by atoms with Gasteiger partial charge >= 0.3 is 0 Å². The maximum absolute atomic E-state index is 13.6. The molecule has 2 aromatic carbocycles. The predicted octanol–water partition coefficient (Wildman–Crippen LogP) is 5.20. The predicted molar refractivity (Wildman–Crippen MR) is 134 cm³/mol. The van der Waals surface area contributed by atoms with E-state index in [9.17, 15) is 14.0 Å². The quantitative estimate of drug-likeness (QED) is 0.514. The van der Waals surface area contributed by atoms with E-state index < -0.39 is 5.91 Å². The minimum Gasteiger partial charge on any atom is -0.368 e. The van der Waals surface area contributed by atoms with Crippen molar-refractivity contribution in [1.82, 2.24) is 9.47 Å². The van der Waals surface area contributed by atoms with Gasteiger partial charge in [0.05, 0.1) is 10.6 Å². The van der Waals surface area contributed by atoms with Crippen molar-refractivity contribution >= 4 is 51.4 Å². The standard InChI is InChI=1S/C26H25FN4O2S/c27-18-10-12-19(13-11-18)29-26-31(20-6-2-1-3-7-20)25(33)23(34-26)14-17-15-30(16-24(28)32)22-9-5-4-8-21(17)22/h4-5,8-15,20H,1-3,6-7,16H2,(H2,28,32)/b23-14-,29-26?. The largest absolute Gasteiger partial charge is 0.368 e. The number of nitrogens with two attached hydrogens (primary N) is 1. The summed E-state index contributed by atoms with van der Waals surface area (Å²) >= 11 is 1.34. The number of carbonyl (C=O) groups excluding carboxylic acids is 2. The van der Waals surface area contributed by atoms with Crippen LogP contribution in [-0.2, 0) is 16.1 Å². The smallest absolute Gasteiger partial charge is 0.267 e. The zero-order chi connectivity index (χ0) is 23.7. The number of carbonyl (C=O) groups is 2. The number of hydrogen-bond donors (Lipinski definition) is 1. The van der Waals surface area contributed by atoms with Crippen molar-refractivity contribution in [3.8, 4) is 0 Å². The van der Waals surface area contributed by atoms with E-state index in [1.54, 1.807) is 16.7 Å². The Balaban J connectivity index is 1.55. The number of aliphatic imine (C=N–C) groups is 1. The first-order chi connectivity index (χ1) is 16.5. The second-order valence-corrected chi connectivity index (χ2v) is 9.65. The molecule has 1 aliphatic heterocycles. The Morgan fingerprint density at radius 1 is 1.12 bits per heavy atom. The summed E-state index contributed by atoms with van der Waals surface area (Å²) in [6.07, 6.45) is 8.97. The Labute approximate surface area is 201 Å². The van der Waals surface area contributed by atoms with Crippen LogP contribution in [0.15, 0.2) is 64.6 Å². The lowest BCUT2D eigenvalue weighted by Gasteiger charge is -2.30. The second-order valence-electron chi connectivity index (χ2n) is 8.64. The highest BCUT2D eigenvalue weighted by Crippen LogP contribution is 2.39. The van der Waals surface area contributed by atoms with E-state index in [0.29, 0.717) is 15.8 Å². The first-order valence-corrected chi connectivity index (χ1v) is 12.2. The molecule has 1 saturated heterocycles. The van der Waals surface area contributed by atoms with Crippen LogP contribution < -0.4 is 5.73 Å². The van der Waals surface area contributed by atoms with Crippen LogP contribution in [0, 0.1) is 5.82 Å². The van der Waals surface area contributed by atoms with Crippen LogP contribution in [0.4, 0.5) is 10.1 Å². The number of aromatic nitrogens is 1. The molecule has 34 heavy (non-hydrogen) atoms. The van der Waals surface area contributed by atoms with E-state index in [2.05, 4.69) is 0 Å². The number of hydrogen-bond acceptors (Lipinski definition) is 4. The molecular formula is C26H25FN4O2S. The summed E-state index contributed by atoms with van der Waals surface area (Å²) in [7, 11) is 0. The highest BCUT2D eigenvalue weighted by atomic mass is 32.2. The van der Waals surface area contributed by atoms with Crippen molar-refractivity contribution in [2.24, 2.45) is 10.7 Å². The zero-order valence-corrected chi connectivity index (χ0v) is 19.4. The summed E-state index contributed by atoms with van der Waals surface area (Å²) < 4.78 is 15.2. The Morgan fingerprint density at radius 2 is 1.85 bits per heavy atom. The van der Waals surface area contributed by atoms with E-state index in [-0.39, 0.29) is 24.3 Å². The van der Waals surface area contributed by atoms with Gasteiger partial charge < -0.3 is 10.3 Å². The molecule has 2 heterocycles. The lowest BCUT2D eigenvalue weighted by molar-refractivity contribution is -0.124. The van der Waals surface area contributed by atoms with Gasteiger partial charge in [-0.2, -0.15) is 0 Å². The molecule has 2 N–H and O–H groups in total. The van der Waals surface area contributed by atoms with E-state index in [1.165, 1.54) is 30.3 Å². The molecule has 2 amide bonds. The lowest BCUT2D eigenvalue weighted by Crippen LogP contribution is -2.40. The molecule has 3 aromatic rings. The summed E-state index contributed by atoms with van der Waals surface area (Å²) in [6.45, 7) is 0.0657. The van der Waals surface area contributed by atoms with Crippen LogP contribution in [0.3, 0.4) is 0 Å². The fraction of sp³-hybridized carbons (Fsp3) is 0.269. The van der Waals surface area contributed by atoms with Crippen molar-refractivity contribution in [2.45, 2.75) is 44.7 Å². The molecule has 0 spiro atoms. The van der Waals surface area contributed by atoms with Gasteiger partial charge in [0.1, 0.15) is 12.4 Å². The third-order valence-corrected chi connectivity index (χ3v) is 7.24. The Kier molecular flexibility index (Phi) is 6.24. The van der Waals surface area contributed by atoms with Gasteiger partial charge in [-0.1, -0.05) is 37.5 Å². The monoisotopic (exact) mass is 476 g/mol. The minimum absolute atomic E-state index is 0.0653. The van der Waals surface area contributed by atoms with E-state index in [0.717, 1.165) is 42.1 Å². The molecule has 0 atom stereocenters. The van der Waals surface area contributed by atoms with Crippen LogP contribution in [0.2, 0.25) is 0 Å². The van der Waals surface area contributed by atoms with Crippen LogP contribution in [0.5, 0.6) is 0 Å². The number of amides is 2. The normalized spacial score (nSPS) is 19.6. The van der Waals surface area contributed by atoms with E-state index in [1.807, 2.05) is 41.4 Å². The summed E-state index contributed by atoms with van der Waals surface area (Å²) in [4.78, 5) is 32.3. The first-order valence-electron chi connectivity index (χ1n) is 11.4. The average molecular weight is 477 g/mol. The Morgan fingerprint density at radius 3 is 2.59 bits per heavy atom. The molecule has 5 rings (SSSR count). The molecule has 0 radical (unpaired) electrons. The van der Waals surface area contributed by atoms with Crippen LogP contribution >= 0.6 is 11.8 Å².